The van der Waals surface area contributed by atoms with Crippen molar-refractivity contribution in [2.75, 3.05) is 5.32 Å². The number of amides is 2. The van der Waals surface area contributed by atoms with Gasteiger partial charge in [-0.15, -0.1) is 0 Å². The van der Waals surface area contributed by atoms with Crippen molar-refractivity contribution < 1.29 is 23.1 Å². The third kappa shape index (κ3) is 5.67. The Morgan fingerprint density at radius 3 is 2.43 bits per heavy atom. The zero-order chi connectivity index (χ0) is 24.9. The van der Waals surface area contributed by atoms with Crippen molar-refractivity contribution in [3.8, 4) is 5.75 Å². The Hall–Kier alpha value is -3.74. The van der Waals surface area contributed by atoms with Gasteiger partial charge in [0.05, 0.1) is 5.92 Å². The first kappa shape index (κ1) is 24.4. The first-order chi connectivity index (χ1) is 16.9. The first-order valence-electron chi connectivity index (χ1n) is 11.8. The molecule has 5 nitrogen and oxygen atoms in total. The van der Waals surface area contributed by atoms with Crippen molar-refractivity contribution in [3.05, 3.63) is 95.1 Å². The van der Waals surface area contributed by atoms with Gasteiger partial charge >= 0.3 is 0 Å². The minimum atomic E-state index is -0.711. The molecule has 182 valence electrons. The van der Waals surface area contributed by atoms with E-state index in [1.807, 2.05) is 44.2 Å². The molecule has 1 aliphatic heterocycles. The van der Waals surface area contributed by atoms with Crippen LogP contribution in [0.5, 0.6) is 5.75 Å². The third-order valence-corrected chi connectivity index (χ3v) is 6.14. The smallest absolute Gasteiger partial charge is 0.264 e. The van der Waals surface area contributed by atoms with Gasteiger partial charge in [0.2, 0.25) is 5.91 Å². The van der Waals surface area contributed by atoms with E-state index in [0.29, 0.717) is 35.4 Å². The molecule has 1 aliphatic rings. The zero-order valence-electron chi connectivity index (χ0n) is 19.8. The van der Waals surface area contributed by atoms with E-state index in [9.17, 15) is 18.4 Å². The summed E-state index contributed by atoms with van der Waals surface area (Å²) in [4.78, 5) is 27.7. The summed E-state index contributed by atoms with van der Waals surface area (Å²) in [6, 6.07) is 18.1. The fraction of sp³-hybridized carbons (Fsp3) is 0.286. The maximum atomic E-state index is 13.7. The Morgan fingerprint density at radius 1 is 1.06 bits per heavy atom. The van der Waals surface area contributed by atoms with Gasteiger partial charge in [0.1, 0.15) is 17.4 Å². The van der Waals surface area contributed by atoms with Crippen LogP contribution < -0.4 is 10.1 Å². The summed E-state index contributed by atoms with van der Waals surface area (Å²) >= 11 is 0. The summed E-state index contributed by atoms with van der Waals surface area (Å²) < 4.78 is 33.4. The lowest BCUT2D eigenvalue weighted by molar-refractivity contribution is -0.139. The van der Waals surface area contributed by atoms with E-state index in [1.165, 1.54) is 17.0 Å². The molecule has 0 aromatic heterocycles. The molecule has 0 fully saturated rings. The van der Waals surface area contributed by atoms with Crippen LogP contribution in [0.4, 0.5) is 14.5 Å². The molecular formula is C28H28F2N2O3. The van der Waals surface area contributed by atoms with Crippen LogP contribution in [0.15, 0.2) is 66.7 Å². The van der Waals surface area contributed by atoms with Crippen molar-refractivity contribution in [2.24, 2.45) is 0 Å². The first-order valence-corrected chi connectivity index (χ1v) is 11.8. The van der Waals surface area contributed by atoms with E-state index in [2.05, 4.69) is 5.32 Å². The minimum Gasteiger partial charge on any atom is -0.480 e. The quantitative estimate of drug-likeness (QED) is 0.467. The number of carbonyl (C=O) groups excluding carboxylic acids is 2. The molecule has 2 amide bonds. The van der Waals surface area contributed by atoms with Crippen LogP contribution in [-0.2, 0) is 22.7 Å². The number of hydrogen-bond acceptors (Lipinski definition) is 3. The van der Waals surface area contributed by atoms with E-state index in [0.717, 1.165) is 11.6 Å². The second-order valence-corrected chi connectivity index (χ2v) is 8.67. The molecule has 3 aromatic rings. The monoisotopic (exact) mass is 478 g/mol. The number of fused-ring (bicyclic) bond motifs is 1. The van der Waals surface area contributed by atoms with Crippen LogP contribution in [-0.4, -0.2) is 22.8 Å². The van der Waals surface area contributed by atoms with E-state index < -0.39 is 17.7 Å². The van der Waals surface area contributed by atoms with Crippen LogP contribution >= 0.6 is 0 Å². The highest BCUT2D eigenvalue weighted by Crippen LogP contribution is 2.31. The van der Waals surface area contributed by atoms with Gasteiger partial charge in [0.25, 0.3) is 5.91 Å². The van der Waals surface area contributed by atoms with E-state index in [-0.39, 0.29) is 30.8 Å². The van der Waals surface area contributed by atoms with Crippen molar-refractivity contribution in [2.45, 2.75) is 51.8 Å². The molecule has 0 bridgehead atoms. The van der Waals surface area contributed by atoms with Crippen molar-refractivity contribution >= 4 is 17.5 Å². The second kappa shape index (κ2) is 10.7. The van der Waals surface area contributed by atoms with Crippen LogP contribution in [0.1, 0.15) is 49.3 Å². The van der Waals surface area contributed by atoms with Crippen molar-refractivity contribution in [1.82, 2.24) is 4.90 Å². The Balaban J connectivity index is 1.58. The Kier molecular flexibility index (Phi) is 7.44. The fourth-order valence-corrected chi connectivity index (χ4v) is 4.39. The number of nitrogens with one attached hydrogen (secondary N) is 1. The maximum absolute atomic E-state index is 13.7. The zero-order valence-corrected chi connectivity index (χ0v) is 19.8. The largest absolute Gasteiger partial charge is 0.480 e. The summed E-state index contributed by atoms with van der Waals surface area (Å²) in [5.41, 5.74) is 2.59. The van der Waals surface area contributed by atoms with Gasteiger partial charge in [-0.1, -0.05) is 44.2 Å². The fourth-order valence-electron chi connectivity index (χ4n) is 4.39. The van der Waals surface area contributed by atoms with E-state index in [1.54, 1.807) is 18.2 Å². The Bertz CT molecular complexity index is 1200. The lowest BCUT2D eigenvalue weighted by atomic mass is 9.95. The lowest BCUT2D eigenvalue weighted by Gasteiger charge is -2.23. The molecule has 0 radical (unpaired) electrons. The molecule has 3 aromatic carbocycles. The molecule has 2 unspecified atom stereocenters. The molecule has 1 N–H and O–H groups in total. The molecule has 7 heteroatoms. The van der Waals surface area contributed by atoms with E-state index >= 15 is 0 Å². The van der Waals surface area contributed by atoms with Gasteiger partial charge in [0, 0.05) is 30.4 Å². The van der Waals surface area contributed by atoms with Gasteiger partial charge in [-0.05, 0) is 54.3 Å². The van der Waals surface area contributed by atoms with Crippen LogP contribution in [0, 0.1) is 11.6 Å². The van der Waals surface area contributed by atoms with Gasteiger partial charge in [-0.25, -0.2) is 8.78 Å². The molecule has 35 heavy (non-hydrogen) atoms. The third-order valence-electron chi connectivity index (χ3n) is 6.14. The molecule has 0 aliphatic carbocycles. The highest BCUT2D eigenvalue weighted by molar-refractivity contribution is 5.96. The van der Waals surface area contributed by atoms with Crippen molar-refractivity contribution in [1.29, 1.82) is 0 Å². The van der Waals surface area contributed by atoms with Gasteiger partial charge in [0.15, 0.2) is 6.10 Å². The summed E-state index contributed by atoms with van der Waals surface area (Å²) in [6.45, 7) is 4.03. The predicted octanol–water partition coefficient (Wildman–Crippen LogP) is 5.80. The summed E-state index contributed by atoms with van der Waals surface area (Å²) in [7, 11) is 0. The maximum Gasteiger partial charge on any atom is 0.264 e. The van der Waals surface area contributed by atoms with Crippen LogP contribution in [0.2, 0.25) is 0 Å². The van der Waals surface area contributed by atoms with E-state index in [4.69, 9.17) is 4.74 Å². The molecule has 0 spiro atoms. The normalized spacial score (nSPS) is 16.2. The summed E-state index contributed by atoms with van der Waals surface area (Å²) in [6.07, 6.45) is 0.381. The average molecular weight is 479 g/mol. The number of carbonyl (C=O) groups is 2. The molecule has 1 heterocycles. The molecule has 0 saturated heterocycles. The number of hydrogen-bond donors (Lipinski definition) is 1. The SMILES string of the molecule is CCC1Oc2ccc(NC(=O)C(CC)c3ccccc3)cc2CN(Cc2cc(F)cc(F)c2)C1=O. The Labute approximate surface area is 203 Å². The topological polar surface area (TPSA) is 58.6 Å². The second-order valence-electron chi connectivity index (χ2n) is 8.67. The Morgan fingerprint density at radius 2 is 1.77 bits per heavy atom. The molecule has 4 rings (SSSR count). The number of nitrogens with zero attached hydrogens (tertiary/aromatic N) is 1. The summed E-state index contributed by atoms with van der Waals surface area (Å²) in [5.74, 6) is -1.51. The standard InChI is InChI=1S/C28H28F2N2O3/c1-3-24(19-8-6-5-7-9-19)27(33)31-23-10-11-26-20(14-23)17-32(28(34)25(4-2)35-26)16-18-12-21(29)15-22(30)13-18/h5-15,24-25H,3-4,16-17H2,1-2H3,(H,31,33). The average Bonchev–Trinajstić information content (AvgIpc) is 2.95. The lowest BCUT2D eigenvalue weighted by Crippen LogP contribution is -2.38. The van der Waals surface area contributed by atoms with Gasteiger partial charge in [-0.3, -0.25) is 9.59 Å². The number of rotatable bonds is 7. The highest BCUT2D eigenvalue weighted by Gasteiger charge is 2.30. The van der Waals surface area contributed by atoms with Crippen LogP contribution in [0.25, 0.3) is 0 Å². The van der Waals surface area contributed by atoms with Crippen molar-refractivity contribution in [3.63, 3.8) is 0 Å². The number of halogens is 2. The van der Waals surface area contributed by atoms with Crippen LogP contribution in [0.3, 0.4) is 0 Å². The number of benzene rings is 3. The predicted molar refractivity (Wildman–Crippen MR) is 130 cm³/mol. The minimum absolute atomic E-state index is 0.0370. The highest BCUT2D eigenvalue weighted by atomic mass is 19.1. The van der Waals surface area contributed by atoms with Gasteiger partial charge in [-0.2, -0.15) is 0 Å². The number of ether oxygens (including phenoxy) is 1. The molecular weight excluding hydrogens is 450 g/mol. The van der Waals surface area contributed by atoms with Gasteiger partial charge < -0.3 is 15.0 Å². The molecule has 2 atom stereocenters. The number of anilines is 1. The molecule has 0 saturated carbocycles. The summed E-state index contributed by atoms with van der Waals surface area (Å²) in [5, 5.41) is 2.98.